The minimum absolute atomic E-state index is 0.172. The van der Waals surface area contributed by atoms with Crippen LogP contribution < -0.4 is 5.73 Å². The van der Waals surface area contributed by atoms with Crippen LogP contribution in [0.4, 0.5) is 5.82 Å². The van der Waals surface area contributed by atoms with Crippen LogP contribution >= 0.6 is 11.3 Å². The summed E-state index contributed by atoms with van der Waals surface area (Å²) < 4.78 is 0. The van der Waals surface area contributed by atoms with E-state index in [1.807, 2.05) is 0 Å². The van der Waals surface area contributed by atoms with Gasteiger partial charge < -0.3 is 10.8 Å². The Bertz CT molecular complexity index is 651. The molecule has 0 amide bonds. The second-order valence-corrected chi connectivity index (χ2v) is 6.97. The van der Waals surface area contributed by atoms with Crippen molar-refractivity contribution in [1.29, 1.82) is 0 Å². The minimum Gasteiger partial charge on any atom is -0.395 e. The molecule has 21 heavy (non-hydrogen) atoms. The predicted molar refractivity (Wildman–Crippen MR) is 86.4 cm³/mol. The molecule has 2 aromatic rings. The number of aliphatic hydroxyl groups excluding tert-OH is 1. The van der Waals surface area contributed by atoms with Gasteiger partial charge in [0.2, 0.25) is 0 Å². The summed E-state index contributed by atoms with van der Waals surface area (Å²) in [5, 5.41) is 10.2. The fourth-order valence-electron chi connectivity index (χ4n) is 2.85. The summed E-state index contributed by atoms with van der Waals surface area (Å²) in [7, 11) is 0. The lowest BCUT2D eigenvalue weighted by molar-refractivity contribution is 0.0922. The number of thiophene rings is 1. The fraction of sp³-hybridized carbons (Fsp3) is 0.600. The third-order valence-electron chi connectivity index (χ3n) is 4.43. The molecule has 5 nitrogen and oxygen atoms in total. The van der Waals surface area contributed by atoms with Crippen molar-refractivity contribution in [3.05, 3.63) is 16.3 Å². The molecule has 1 saturated carbocycles. The van der Waals surface area contributed by atoms with E-state index >= 15 is 0 Å². The van der Waals surface area contributed by atoms with Crippen molar-refractivity contribution in [3.8, 4) is 0 Å². The molecule has 1 aliphatic rings. The zero-order valence-electron chi connectivity index (χ0n) is 12.6. The molecule has 0 aliphatic heterocycles. The molecule has 0 unspecified atom stereocenters. The van der Waals surface area contributed by atoms with E-state index in [2.05, 4.69) is 28.7 Å². The molecule has 2 aromatic heterocycles. The van der Waals surface area contributed by atoms with E-state index in [9.17, 15) is 5.11 Å². The van der Waals surface area contributed by atoms with E-state index in [0.29, 0.717) is 24.9 Å². The van der Waals surface area contributed by atoms with Crippen LogP contribution in [-0.4, -0.2) is 39.2 Å². The smallest absolute Gasteiger partial charge is 0.146 e. The van der Waals surface area contributed by atoms with Crippen molar-refractivity contribution < 1.29 is 5.11 Å². The Hall–Kier alpha value is -1.24. The first-order chi connectivity index (χ1) is 10.1. The average molecular weight is 306 g/mol. The largest absolute Gasteiger partial charge is 0.395 e. The molecule has 1 aliphatic carbocycles. The lowest BCUT2D eigenvalue weighted by atomic mass is 9.91. The summed E-state index contributed by atoms with van der Waals surface area (Å²) in [6.45, 7) is 5.68. The summed E-state index contributed by atoms with van der Waals surface area (Å²) in [6, 6.07) is 0.560. The number of nitrogens with zero attached hydrogens (tertiary/aromatic N) is 3. The maximum absolute atomic E-state index is 9.24. The van der Waals surface area contributed by atoms with E-state index in [1.165, 1.54) is 29.7 Å². The molecule has 0 spiro atoms. The third kappa shape index (κ3) is 2.75. The second-order valence-electron chi connectivity index (χ2n) is 5.77. The number of rotatable bonds is 5. The Morgan fingerprint density at radius 1 is 1.33 bits per heavy atom. The SMILES string of the molecule is Cc1sc2nc(CN(CCO)C3CCC3)nc(N)c2c1C. The number of anilines is 1. The van der Waals surface area contributed by atoms with Gasteiger partial charge in [0.1, 0.15) is 16.5 Å². The Morgan fingerprint density at radius 3 is 2.71 bits per heavy atom. The van der Waals surface area contributed by atoms with Gasteiger partial charge in [0.15, 0.2) is 0 Å². The van der Waals surface area contributed by atoms with Crippen molar-refractivity contribution in [1.82, 2.24) is 14.9 Å². The van der Waals surface area contributed by atoms with Gasteiger partial charge in [-0.3, -0.25) is 4.90 Å². The molecule has 3 N–H and O–H groups in total. The van der Waals surface area contributed by atoms with E-state index in [-0.39, 0.29) is 6.61 Å². The van der Waals surface area contributed by atoms with Crippen molar-refractivity contribution in [2.24, 2.45) is 0 Å². The molecular weight excluding hydrogens is 284 g/mol. The minimum atomic E-state index is 0.172. The van der Waals surface area contributed by atoms with Crippen LogP contribution in [0.25, 0.3) is 10.2 Å². The third-order valence-corrected chi connectivity index (χ3v) is 5.53. The van der Waals surface area contributed by atoms with Gasteiger partial charge in [-0.05, 0) is 32.3 Å². The second kappa shape index (κ2) is 5.87. The van der Waals surface area contributed by atoms with Crippen LogP contribution in [0, 0.1) is 13.8 Å². The maximum Gasteiger partial charge on any atom is 0.146 e. The summed E-state index contributed by atoms with van der Waals surface area (Å²) in [4.78, 5) is 13.7. The quantitative estimate of drug-likeness (QED) is 0.886. The number of aromatic nitrogens is 2. The first-order valence-electron chi connectivity index (χ1n) is 7.47. The number of aryl methyl sites for hydroxylation is 2. The molecule has 0 bridgehead atoms. The van der Waals surface area contributed by atoms with Crippen LogP contribution in [0.3, 0.4) is 0 Å². The summed E-state index contributed by atoms with van der Waals surface area (Å²) in [5.41, 5.74) is 7.32. The molecule has 0 aromatic carbocycles. The molecule has 0 radical (unpaired) electrons. The lowest BCUT2D eigenvalue weighted by Gasteiger charge is -2.36. The number of aliphatic hydroxyl groups is 1. The zero-order chi connectivity index (χ0) is 15.0. The highest BCUT2D eigenvalue weighted by molar-refractivity contribution is 7.18. The van der Waals surface area contributed by atoms with Crippen molar-refractivity contribution in [3.63, 3.8) is 0 Å². The topological polar surface area (TPSA) is 75.3 Å². The highest BCUT2D eigenvalue weighted by Crippen LogP contribution is 2.32. The van der Waals surface area contributed by atoms with Crippen molar-refractivity contribution in [2.75, 3.05) is 18.9 Å². The van der Waals surface area contributed by atoms with Crippen LogP contribution in [0.15, 0.2) is 0 Å². The van der Waals surface area contributed by atoms with Crippen LogP contribution in [0.1, 0.15) is 35.5 Å². The number of nitrogen functional groups attached to an aromatic ring is 1. The van der Waals surface area contributed by atoms with Gasteiger partial charge in [-0.1, -0.05) is 6.42 Å². The first kappa shape index (κ1) is 14.7. The molecule has 0 atom stereocenters. The standard InChI is InChI=1S/C15H22N4OS/c1-9-10(2)21-15-13(9)14(16)17-12(18-15)8-19(6-7-20)11-4-3-5-11/h11,20H,3-8H2,1-2H3,(H2,16,17,18). The van der Waals surface area contributed by atoms with Crippen molar-refractivity contribution >= 4 is 27.4 Å². The van der Waals surface area contributed by atoms with E-state index < -0.39 is 0 Å². The highest BCUT2D eigenvalue weighted by atomic mass is 32.1. The fourth-order valence-corrected chi connectivity index (χ4v) is 3.91. The Kier molecular flexibility index (Phi) is 4.10. The Labute approximate surface area is 128 Å². The van der Waals surface area contributed by atoms with Crippen LogP contribution in [0.5, 0.6) is 0 Å². The lowest BCUT2D eigenvalue weighted by Crippen LogP contribution is -2.41. The first-order valence-corrected chi connectivity index (χ1v) is 8.28. The zero-order valence-corrected chi connectivity index (χ0v) is 13.4. The van der Waals surface area contributed by atoms with E-state index in [4.69, 9.17) is 5.73 Å². The van der Waals surface area contributed by atoms with Crippen molar-refractivity contribution in [2.45, 2.75) is 45.7 Å². The summed E-state index contributed by atoms with van der Waals surface area (Å²) in [5.74, 6) is 1.34. The monoisotopic (exact) mass is 306 g/mol. The number of fused-ring (bicyclic) bond motifs is 1. The molecule has 114 valence electrons. The van der Waals surface area contributed by atoms with Gasteiger partial charge in [0, 0.05) is 17.5 Å². The molecule has 2 heterocycles. The average Bonchev–Trinajstić information content (AvgIpc) is 2.63. The van der Waals surface area contributed by atoms with Gasteiger partial charge in [-0.25, -0.2) is 9.97 Å². The Balaban J connectivity index is 1.89. The normalized spacial score (nSPS) is 15.8. The molecule has 1 fully saturated rings. The van der Waals surface area contributed by atoms with Gasteiger partial charge in [-0.2, -0.15) is 0 Å². The van der Waals surface area contributed by atoms with Gasteiger partial charge >= 0.3 is 0 Å². The Morgan fingerprint density at radius 2 is 2.10 bits per heavy atom. The molecule has 0 saturated heterocycles. The predicted octanol–water partition coefficient (Wildman–Crippen LogP) is 2.24. The number of nitrogens with two attached hydrogens (primary N) is 1. The molecular formula is C15H22N4OS. The van der Waals surface area contributed by atoms with E-state index in [0.717, 1.165) is 16.0 Å². The maximum atomic E-state index is 9.24. The number of hydrogen-bond donors (Lipinski definition) is 2. The van der Waals surface area contributed by atoms with Gasteiger partial charge in [0.25, 0.3) is 0 Å². The van der Waals surface area contributed by atoms with Crippen LogP contribution in [-0.2, 0) is 6.54 Å². The molecule has 3 rings (SSSR count). The summed E-state index contributed by atoms with van der Waals surface area (Å²) >= 11 is 1.68. The van der Waals surface area contributed by atoms with Crippen LogP contribution in [0.2, 0.25) is 0 Å². The molecule has 6 heteroatoms. The highest BCUT2D eigenvalue weighted by Gasteiger charge is 2.25. The van der Waals surface area contributed by atoms with E-state index in [1.54, 1.807) is 11.3 Å². The van der Waals surface area contributed by atoms with Gasteiger partial charge in [-0.15, -0.1) is 11.3 Å². The number of hydrogen-bond acceptors (Lipinski definition) is 6. The summed E-state index contributed by atoms with van der Waals surface area (Å²) in [6.07, 6.45) is 3.68. The van der Waals surface area contributed by atoms with Gasteiger partial charge in [0.05, 0.1) is 18.5 Å².